The van der Waals surface area contributed by atoms with Crippen LogP contribution in [-0.4, -0.2) is 28.5 Å². The quantitative estimate of drug-likeness (QED) is 0.687. The topological polar surface area (TPSA) is 105 Å². The second kappa shape index (κ2) is 4.04. The maximum absolute atomic E-state index is 10.9. The number of aromatic nitrogens is 1. The highest BCUT2D eigenvalue weighted by molar-refractivity contribution is 5.93. The summed E-state index contributed by atoms with van der Waals surface area (Å²) < 4.78 is 0. The number of aliphatic carboxylic acids is 1. The number of nitrogens with zero attached hydrogens (tertiary/aromatic N) is 1. The van der Waals surface area contributed by atoms with Crippen molar-refractivity contribution in [2.24, 2.45) is 11.1 Å². The monoisotopic (exact) mass is 235 g/mol. The number of hydrogen-bond acceptors (Lipinski definition) is 4. The Kier molecular flexibility index (Phi) is 2.71. The number of carbonyl (C=O) groups is 2. The van der Waals surface area contributed by atoms with E-state index in [4.69, 9.17) is 10.8 Å². The van der Waals surface area contributed by atoms with E-state index < -0.39 is 17.3 Å². The fourth-order valence-corrected chi connectivity index (χ4v) is 1.56. The number of amides is 1. The molecule has 0 unspecified atom stereocenters. The van der Waals surface area contributed by atoms with Crippen LogP contribution in [0.2, 0.25) is 0 Å². The first-order valence-electron chi connectivity index (χ1n) is 5.27. The lowest BCUT2D eigenvalue weighted by atomic mass is 10.1. The first kappa shape index (κ1) is 11.4. The smallest absolute Gasteiger partial charge is 0.311 e. The molecule has 17 heavy (non-hydrogen) atoms. The van der Waals surface area contributed by atoms with Crippen LogP contribution in [0, 0.1) is 5.41 Å². The molecule has 1 fully saturated rings. The minimum Gasteiger partial charge on any atom is -0.481 e. The highest BCUT2D eigenvalue weighted by atomic mass is 16.4. The van der Waals surface area contributed by atoms with Crippen LogP contribution < -0.4 is 11.1 Å². The van der Waals surface area contributed by atoms with Gasteiger partial charge in [0.1, 0.15) is 5.82 Å². The molecule has 1 saturated carbocycles. The SMILES string of the molecule is NC(=O)c1ccnc(NCC2(C(=O)O)CC2)c1. The Labute approximate surface area is 97.8 Å². The number of anilines is 1. The number of nitrogens with one attached hydrogen (secondary N) is 1. The Balaban J connectivity index is 2.02. The zero-order valence-electron chi connectivity index (χ0n) is 9.14. The maximum Gasteiger partial charge on any atom is 0.311 e. The van der Waals surface area contributed by atoms with E-state index in [1.54, 1.807) is 0 Å². The number of carboxylic acid groups (broad SMARTS) is 1. The normalized spacial score (nSPS) is 16.2. The van der Waals surface area contributed by atoms with Gasteiger partial charge in [0.05, 0.1) is 5.41 Å². The van der Waals surface area contributed by atoms with E-state index in [0.29, 0.717) is 30.8 Å². The third kappa shape index (κ3) is 2.35. The van der Waals surface area contributed by atoms with Crippen molar-refractivity contribution >= 4 is 17.7 Å². The third-order valence-corrected chi connectivity index (χ3v) is 2.96. The van der Waals surface area contributed by atoms with E-state index in [-0.39, 0.29) is 0 Å². The van der Waals surface area contributed by atoms with Crippen LogP contribution in [0.4, 0.5) is 5.82 Å². The summed E-state index contributed by atoms with van der Waals surface area (Å²) in [5, 5.41) is 11.9. The fourth-order valence-electron chi connectivity index (χ4n) is 1.56. The fraction of sp³-hybridized carbons (Fsp3) is 0.364. The molecule has 1 aliphatic carbocycles. The largest absolute Gasteiger partial charge is 0.481 e. The van der Waals surface area contributed by atoms with Crippen molar-refractivity contribution in [1.29, 1.82) is 0 Å². The molecule has 4 N–H and O–H groups in total. The molecule has 1 aromatic rings. The Morgan fingerprint density at radius 3 is 2.76 bits per heavy atom. The summed E-state index contributed by atoms with van der Waals surface area (Å²) in [5.41, 5.74) is 4.82. The van der Waals surface area contributed by atoms with E-state index in [2.05, 4.69) is 10.3 Å². The minimum absolute atomic E-state index is 0.317. The van der Waals surface area contributed by atoms with Crippen molar-refractivity contribution in [1.82, 2.24) is 4.98 Å². The van der Waals surface area contributed by atoms with Crippen LogP contribution in [0.1, 0.15) is 23.2 Å². The molecule has 1 aliphatic rings. The van der Waals surface area contributed by atoms with Gasteiger partial charge in [-0.15, -0.1) is 0 Å². The molecule has 0 atom stereocenters. The molecular weight excluding hydrogens is 222 g/mol. The number of hydrogen-bond donors (Lipinski definition) is 3. The zero-order chi connectivity index (χ0) is 12.5. The van der Waals surface area contributed by atoms with E-state index in [1.165, 1.54) is 18.3 Å². The second-order valence-corrected chi connectivity index (χ2v) is 4.23. The summed E-state index contributed by atoms with van der Waals surface area (Å²) in [4.78, 5) is 25.9. The first-order valence-corrected chi connectivity index (χ1v) is 5.27. The molecule has 0 spiro atoms. The van der Waals surface area contributed by atoms with Crippen molar-refractivity contribution in [2.45, 2.75) is 12.8 Å². The van der Waals surface area contributed by atoms with Gasteiger partial charge in [-0.05, 0) is 25.0 Å². The number of rotatable bonds is 5. The number of nitrogens with two attached hydrogens (primary N) is 1. The first-order chi connectivity index (χ1) is 8.03. The maximum atomic E-state index is 10.9. The van der Waals surface area contributed by atoms with E-state index >= 15 is 0 Å². The van der Waals surface area contributed by atoms with Gasteiger partial charge in [-0.25, -0.2) is 4.98 Å². The van der Waals surface area contributed by atoms with Gasteiger partial charge in [0.25, 0.3) is 0 Å². The summed E-state index contributed by atoms with van der Waals surface area (Å²) in [6.07, 6.45) is 2.80. The molecule has 0 aliphatic heterocycles. The van der Waals surface area contributed by atoms with Gasteiger partial charge in [-0.2, -0.15) is 0 Å². The van der Waals surface area contributed by atoms with Crippen LogP contribution >= 0.6 is 0 Å². The van der Waals surface area contributed by atoms with Gasteiger partial charge in [0, 0.05) is 18.3 Å². The van der Waals surface area contributed by atoms with E-state index in [9.17, 15) is 9.59 Å². The van der Waals surface area contributed by atoms with Crippen LogP contribution in [0.25, 0.3) is 0 Å². The second-order valence-electron chi connectivity index (χ2n) is 4.23. The lowest BCUT2D eigenvalue weighted by Gasteiger charge is -2.11. The standard InChI is InChI=1S/C11H13N3O3/c12-9(15)7-1-4-13-8(5-7)14-6-11(2-3-11)10(16)17/h1,4-5H,2-3,6H2,(H2,12,15)(H,13,14)(H,16,17). The summed E-state index contributed by atoms with van der Waals surface area (Å²) >= 11 is 0. The highest BCUT2D eigenvalue weighted by Crippen LogP contribution is 2.45. The highest BCUT2D eigenvalue weighted by Gasteiger charge is 2.50. The van der Waals surface area contributed by atoms with Crippen LogP contribution in [0.15, 0.2) is 18.3 Å². The number of primary amides is 1. The molecule has 90 valence electrons. The third-order valence-electron chi connectivity index (χ3n) is 2.96. The van der Waals surface area contributed by atoms with Gasteiger partial charge >= 0.3 is 5.97 Å². The summed E-state index contributed by atoms with van der Waals surface area (Å²) in [6, 6.07) is 3.03. The summed E-state index contributed by atoms with van der Waals surface area (Å²) in [6.45, 7) is 0.317. The van der Waals surface area contributed by atoms with E-state index in [0.717, 1.165) is 0 Å². The Morgan fingerprint density at radius 1 is 1.53 bits per heavy atom. The molecule has 1 amide bonds. The van der Waals surface area contributed by atoms with Crippen LogP contribution in [0.3, 0.4) is 0 Å². The van der Waals surface area contributed by atoms with Gasteiger partial charge in [-0.3, -0.25) is 9.59 Å². The molecule has 6 nitrogen and oxygen atoms in total. The lowest BCUT2D eigenvalue weighted by molar-refractivity contribution is -0.142. The number of carboxylic acids is 1. The minimum atomic E-state index is -0.795. The Hall–Kier alpha value is -2.11. The predicted molar refractivity (Wildman–Crippen MR) is 60.5 cm³/mol. The van der Waals surface area contributed by atoms with E-state index in [1.807, 2.05) is 0 Å². The molecule has 0 saturated heterocycles. The zero-order valence-corrected chi connectivity index (χ0v) is 9.14. The molecule has 0 radical (unpaired) electrons. The summed E-state index contributed by atoms with van der Waals surface area (Å²) in [7, 11) is 0. The molecule has 1 aromatic heterocycles. The molecule has 6 heteroatoms. The average Bonchev–Trinajstić information content (AvgIpc) is 3.08. The number of carbonyl (C=O) groups excluding carboxylic acids is 1. The molecular formula is C11H13N3O3. The van der Waals surface area contributed by atoms with Gasteiger partial charge < -0.3 is 16.2 Å². The van der Waals surface area contributed by atoms with Crippen molar-refractivity contribution < 1.29 is 14.7 Å². The van der Waals surface area contributed by atoms with Gasteiger partial charge in [0.2, 0.25) is 5.91 Å². The molecule has 0 bridgehead atoms. The van der Waals surface area contributed by atoms with Gasteiger partial charge in [0.15, 0.2) is 0 Å². The lowest BCUT2D eigenvalue weighted by Crippen LogP contribution is -2.24. The van der Waals surface area contributed by atoms with Crippen molar-refractivity contribution in [2.75, 3.05) is 11.9 Å². The average molecular weight is 235 g/mol. The Bertz CT molecular complexity index is 469. The van der Waals surface area contributed by atoms with Crippen molar-refractivity contribution in [3.8, 4) is 0 Å². The molecule has 0 aromatic carbocycles. The van der Waals surface area contributed by atoms with Gasteiger partial charge in [-0.1, -0.05) is 0 Å². The predicted octanol–water partition coefficient (Wildman–Crippen LogP) is 0.457. The van der Waals surface area contributed by atoms with Crippen molar-refractivity contribution in [3.05, 3.63) is 23.9 Å². The van der Waals surface area contributed by atoms with Crippen LogP contribution in [-0.2, 0) is 4.79 Å². The molecule has 1 heterocycles. The Morgan fingerprint density at radius 2 is 2.24 bits per heavy atom. The number of pyridine rings is 1. The summed E-state index contributed by atoms with van der Waals surface area (Å²) in [5.74, 6) is -0.861. The van der Waals surface area contributed by atoms with Crippen LogP contribution in [0.5, 0.6) is 0 Å². The molecule has 2 rings (SSSR count). The van der Waals surface area contributed by atoms with Crippen molar-refractivity contribution in [3.63, 3.8) is 0 Å².